The Morgan fingerprint density at radius 1 is 1.22 bits per heavy atom. The number of benzene rings is 1. The molecule has 18 heavy (non-hydrogen) atoms. The van der Waals surface area contributed by atoms with Crippen molar-refractivity contribution in [3.63, 3.8) is 0 Å². The van der Waals surface area contributed by atoms with Gasteiger partial charge in [-0.1, -0.05) is 12.1 Å². The van der Waals surface area contributed by atoms with Gasteiger partial charge >= 0.3 is 6.18 Å². The summed E-state index contributed by atoms with van der Waals surface area (Å²) in [6.07, 6.45) is -3.72. The fourth-order valence-corrected chi connectivity index (χ4v) is 2.16. The van der Waals surface area contributed by atoms with Crippen LogP contribution < -0.4 is 5.32 Å². The van der Waals surface area contributed by atoms with Crippen molar-refractivity contribution in [2.45, 2.75) is 12.6 Å². The highest BCUT2D eigenvalue weighted by molar-refractivity contribution is 7.07. The van der Waals surface area contributed by atoms with Crippen molar-refractivity contribution in [2.75, 3.05) is 11.9 Å². The van der Waals surface area contributed by atoms with Gasteiger partial charge in [0.15, 0.2) is 0 Å². The van der Waals surface area contributed by atoms with E-state index in [0.717, 1.165) is 11.8 Å². The smallest absolute Gasteiger partial charge is 0.384 e. The van der Waals surface area contributed by atoms with Crippen LogP contribution in [0.25, 0.3) is 0 Å². The normalized spacial score (nSPS) is 11.5. The Labute approximate surface area is 106 Å². The molecule has 1 N–H and O–H groups in total. The number of nitrogens with one attached hydrogen (secondary N) is 1. The Kier molecular flexibility index (Phi) is 3.86. The van der Waals surface area contributed by atoms with E-state index in [0.29, 0.717) is 13.0 Å². The maximum Gasteiger partial charge on any atom is 0.418 e. The van der Waals surface area contributed by atoms with Crippen LogP contribution in [-0.4, -0.2) is 11.5 Å². The van der Waals surface area contributed by atoms with Crippen LogP contribution in [0.15, 0.2) is 35.2 Å². The number of para-hydroxylation sites is 1. The standard InChI is InChI=1S/C12H11F3N2S/c13-12(14,15)10-3-1-2-4-11(10)16-6-5-9-7-18-8-17-9/h1-4,7-8,16H,5-6H2. The zero-order valence-corrected chi connectivity index (χ0v) is 10.2. The minimum absolute atomic E-state index is 0.111. The average molecular weight is 272 g/mol. The van der Waals surface area contributed by atoms with Gasteiger partial charge in [0, 0.05) is 24.0 Å². The molecule has 6 heteroatoms. The highest BCUT2D eigenvalue weighted by Crippen LogP contribution is 2.34. The second-order valence-electron chi connectivity index (χ2n) is 3.70. The van der Waals surface area contributed by atoms with Gasteiger partial charge in [0.2, 0.25) is 0 Å². The summed E-state index contributed by atoms with van der Waals surface area (Å²) in [5.41, 5.74) is 2.07. The molecule has 2 rings (SSSR count). The molecule has 0 spiro atoms. The number of hydrogen-bond donors (Lipinski definition) is 1. The third-order valence-electron chi connectivity index (χ3n) is 2.41. The number of hydrogen-bond acceptors (Lipinski definition) is 3. The van der Waals surface area contributed by atoms with Crippen LogP contribution in [-0.2, 0) is 12.6 Å². The monoisotopic (exact) mass is 272 g/mol. The van der Waals surface area contributed by atoms with E-state index in [1.54, 1.807) is 11.6 Å². The summed E-state index contributed by atoms with van der Waals surface area (Å²) >= 11 is 1.47. The molecule has 0 saturated carbocycles. The summed E-state index contributed by atoms with van der Waals surface area (Å²) in [6, 6.07) is 5.48. The summed E-state index contributed by atoms with van der Waals surface area (Å²) in [6.45, 7) is 0.427. The third kappa shape index (κ3) is 3.22. The third-order valence-corrected chi connectivity index (χ3v) is 3.05. The summed E-state index contributed by atoms with van der Waals surface area (Å²) in [5.74, 6) is 0. The van der Waals surface area contributed by atoms with Gasteiger partial charge in [-0.2, -0.15) is 13.2 Å². The molecule has 0 bridgehead atoms. The minimum atomic E-state index is -4.33. The fraction of sp³-hybridized carbons (Fsp3) is 0.250. The topological polar surface area (TPSA) is 24.9 Å². The molecule has 0 amide bonds. The van der Waals surface area contributed by atoms with Gasteiger partial charge in [-0.25, -0.2) is 4.98 Å². The van der Waals surface area contributed by atoms with E-state index in [1.807, 2.05) is 5.38 Å². The Balaban J connectivity index is 2.01. The molecule has 2 nitrogen and oxygen atoms in total. The largest absolute Gasteiger partial charge is 0.418 e. The molecule has 1 aromatic carbocycles. The lowest BCUT2D eigenvalue weighted by Gasteiger charge is -2.13. The lowest BCUT2D eigenvalue weighted by atomic mass is 10.1. The van der Waals surface area contributed by atoms with Crippen LogP contribution in [0.4, 0.5) is 18.9 Å². The summed E-state index contributed by atoms with van der Waals surface area (Å²) in [5, 5.41) is 4.69. The molecule has 0 aliphatic carbocycles. The maximum atomic E-state index is 12.7. The number of halogens is 3. The van der Waals surface area contributed by atoms with Gasteiger partial charge in [-0.15, -0.1) is 11.3 Å². The SMILES string of the molecule is FC(F)(F)c1ccccc1NCCc1cscn1. The average Bonchev–Trinajstić information content (AvgIpc) is 2.81. The number of nitrogens with zero attached hydrogens (tertiary/aromatic N) is 1. The van der Waals surface area contributed by atoms with E-state index in [1.165, 1.54) is 23.5 Å². The molecule has 0 fully saturated rings. The lowest BCUT2D eigenvalue weighted by molar-refractivity contribution is -0.136. The molecular weight excluding hydrogens is 261 g/mol. The van der Waals surface area contributed by atoms with Crippen LogP contribution in [0.2, 0.25) is 0 Å². The van der Waals surface area contributed by atoms with E-state index in [2.05, 4.69) is 10.3 Å². The van der Waals surface area contributed by atoms with Gasteiger partial charge < -0.3 is 5.32 Å². The first-order chi connectivity index (χ1) is 8.57. The molecule has 1 heterocycles. The van der Waals surface area contributed by atoms with E-state index in [4.69, 9.17) is 0 Å². The molecule has 0 aliphatic heterocycles. The van der Waals surface area contributed by atoms with Crippen molar-refractivity contribution in [2.24, 2.45) is 0 Å². The molecule has 1 aromatic heterocycles. The van der Waals surface area contributed by atoms with Crippen molar-refractivity contribution in [1.82, 2.24) is 4.98 Å². The van der Waals surface area contributed by atoms with Crippen molar-refractivity contribution >= 4 is 17.0 Å². The Morgan fingerprint density at radius 3 is 2.67 bits per heavy atom. The van der Waals surface area contributed by atoms with Gasteiger partial charge in [0.1, 0.15) is 0 Å². The molecule has 0 saturated heterocycles. The molecule has 0 atom stereocenters. The number of rotatable bonds is 4. The first kappa shape index (κ1) is 12.9. The lowest BCUT2D eigenvalue weighted by Crippen LogP contribution is -2.12. The van der Waals surface area contributed by atoms with E-state index < -0.39 is 11.7 Å². The maximum absolute atomic E-state index is 12.7. The van der Waals surface area contributed by atoms with Crippen LogP contribution in [0, 0.1) is 0 Å². The van der Waals surface area contributed by atoms with Crippen LogP contribution in [0.3, 0.4) is 0 Å². The van der Waals surface area contributed by atoms with E-state index in [9.17, 15) is 13.2 Å². The number of alkyl halides is 3. The van der Waals surface area contributed by atoms with Crippen LogP contribution in [0.5, 0.6) is 0 Å². The first-order valence-electron chi connectivity index (χ1n) is 5.34. The minimum Gasteiger partial charge on any atom is -0.384 e. The Bertz CT molecular complexity index is 494. The second kappa shape index (κ2) is 5.39. The second-order valence-corrected chi connectivity index (χ2v) is 4.42. The van der Waals surface area contributed by atoms with Gasteiger partial charge in [-0.3, -0.25) is 0 Å². The fourth-order valence-electron chi connectivity index (χ4n) is 1.57. The first-order valence-corrected chi connectivity index (χ1v) is 6.29. The van der Waals surface area contributed by atoms with Crippen LogP contribution in [0.1, 0.15) is 11.3 Å². The highest BCUT2D eigenvalue weighted by atomic mass is 32.1. The van der Waals surface area contributed by atoms with Gasteiger partial charge in [0.05, 0.1) is 16.8 Å². The summed E-state index contributed by atoms with van der Waals surface area (Å²) in [4.78, 5) is 4.07. The van der Waals surface area contributed by atoms with Crippen molar-refractivity contribution in [3.8, 4) is 0 Å². The molecule has 0 radical (unpaired) electrons. The van der Waals surface area contributed by atoms with Gasteiger partial charge in [-0.05, 0) is 12.1 Å². The number of thiazole rings is 1. The number of anilines is 1. The Hall–Kier alpha value is -1.56. The highest BCUT2D eigenvalue weighted by Gasteiger charge is 2.32. The summed E-state index contributed by atoms with van der Waals surface area (Å²) in [7, 11) is 0. The van der Waals surface area contributed by atoms with Crippen LogP contribution >= 0.6 is 11.3 Å². The summed E-state index contributed by atoms with van der Waals surface area (Å²) < 4.78 is 38.1. The van der Waals surface area contributed by atoms with Crippen molar-refractivity contribution in [1.29, 1.82) is 0 Å². The van der Waals surface area contributed by atoms with E-state index >= 15 is 0 Å². The van der Waals surface area contributed by atoms with E-state index in [-0.39, 0.29) is 5.69 Å². The molecule has 0 aliphatic rings. The predicted molar refractivity (Wildman–Crippen MR) is 65.8 cm³/mol. The molecule has 2 aromatic rings. The molecular formula is C12H11F3N2S. The predicted octanol–water partition coefficient (Wildman–Crippen LogP) is 3.82. The zero-order chi connectivity index (χ0) is 13.0. The Morgan fingerprint density at radius 2 is 2.00 bits per heavy atom. The molecule has 0 unspecified atom stereocenters. The molecule has 96 valence electrons. The quantitative estimate of drug-likeness (QED) is 0.915. The zero-order valence-electron chi connectivity index (χ0n) is 9.37. The van der Waals surface area contributed by atoms with Gasteiger partial charge in [0.25, 0.3) is 0 Å². The van der Waals surface area contributed by atoms with Crippen molar-refractivity contribution in [3.05, 3.63) is 46.4 Å². The van der Waals surface area contributed by atoms with Crippen molar-refractivity contribution < 1.29 is 13.2 Å². The number of aromatic nitrogens is 1.